The average Bonchev–Trinajstić information content (AvgIpc) is 2.89. The van der Waals surface area contributed by atoms with Gasteiger partial charge in [-0.15, -0.1) is 0 Å². The number of carbonyl (C=O) groups excluding carboxylic acids is 1. The topological polar surface area (TPSA) is 61.8 Å². The zero-order valence-corrected chi connectivity index (χ0v) is 29.6. The van der Waals surface area contributed by atoms with Crippen molar-refractivity contribution >= 4 is 17.7 Å². The molecule has 0 radical (unpaired) electrons. The van der Waals surface area contributed by atoms with Gasteiger partial charge in [-0.25, -0.2) is 23.5 Å². The molecule has 1 spiro atoms. The van der Waals surface area contributed by atoms with Crippen LogP contribution in [0.25, 0.3) is 0 Å². The summed E-state index contributed by atoms with van der Waals surface area (Å²) in [5, 5.41) is 0. The molecule has 1 aliphatic carbocycles. The summed E-state index contributed by atoms with van der Waals surface area (Å²) in [7, 11) is 1.56. The van der Waals surface area contributed by atoms with Gasteiger partial charge in [0, 0.05) is 57.2 Å². The highest BCUT2D eigenvalue weighted by atomic mass is 19.4. The van der Waals surface area contributed by atoms with Crippen molar-refractivity contribution in [1.82, 2.24) is 14.9 Å². The monoisotopic (exact) mass is 661 g/mol. The summed E-state index contributed by atoms with van der Waals surface area (Å²) in [6.07, 6.45) is -0.894. The minimum absolute atomic E-state index is 0.00112. The molecule has 2 aliphatic heterocycles. The van der Waals surface area contributed by atoms with Crippen LogP contribution in [-0.2, 0) is 10.9 Å². The Labute approximate surface area is 272 Å². The lowest BCUT2D eigenvalue weighted by atomic mass is 9.62. The van der Waals surface area contributed by atoms with E-state index in [9.17, 15) is 18.0 Å². The molecule has 3 unspecified atom stereocenters. The van der Waals surface area contributed by atoms with Crippen LogP contribution >= 0.6 is 0 Å². The number of carbonyl (C=O) groups is 1. The Morgan fingerprint density at radius 2 is 1.54 bits per heavy atom. The molecule has 1 amide bonds. The van der Waals surface area contributed by atoms with Crippen LogP contribution in [0.2, 0.25) is 0 Å². The third kappa shape index (κ3) is 10.1. The van der Waals surface area contributed by atoms with Gasteiger partial charge in [-0.2, -0.15) is 13.2 Å². The van der Waals surface area contributed by atoms with Gasteiger partial charge in [-0.3, -0.25) is 0 Å². The number of aromatic nitrogens is 2. The molecule has 3 atom stereocenters. The lowest BCUT2D eigenvalue weighted by Gasteiger charge is -2.53. The van der Waals surface area contributed by atoms with E-state index in [-0.39, 0.29) is 57.2 Å². The second-order valence-electron chi connectivity index (χ2n) is 16.6. The summed E-state index contributed by atoms with van der Waals surface area (Å²) in [5.41, 5.74) is -3.91. The largest absolute Gasteiger partial charge is 0.451 e. The van der Waals surface area contributed by atoms with Crippen LogP contribution in [0.15, 0.2) is 6.07 Å². The number of nitrogens with zero attached hydrogens (tertiary/aromatic N) is 5. The highest BCUT2D eigenvalue weighted by Crippen LogP contribution is 2.52. The maximum Gasteiger partial charge on any atom is 0.451 e. The molecule has 264 valence electrons. The minimum Gasteiger partial charge on any atom is -0.444 e. The van der Waals surface area contributed by atoms with Gasteiger partial charge in [0.1, 0.15) is 28.6 Å². The fraction of sp³-hybridized carbons (Fsp3) is 0.853. The van der Waals surface area contributed by atoms with Crippen molar-refractivity contribution in [1.29, 1.82) is 0 Å². The normalized spacial score (nSPS) is 27.2. The van der Waals surface area contributed by atoms with Crippen molar-refractivity contribution in [3.05, 3.63) is 11.9 Å². The van der Waals surface area contributed by atoms with Crippen LogP contribution in [0, 0.1) is 16.7 Å². The Balaban J connectivity index is 0.00000107. The Morgan fingerprint density at radius 1 is 0.957 bits per heavy atom. The molecule has 3 heterocycles. The number of amides is 1. The van der Waals surface area contributed by atoms with E-state index in [4.69, 9.17) is 4.74 Å². The van der Waals surface area contributed by atoms with E-state index in [1.54, 1.807) is 39.6 Å². The number of piperidine rings is 2. The fourth-order valence-corrected chi connectivity index (χ4v) is 6.50. The number of halogens is 5. The number of ether oxygens (including phenoxy) is 1. The number of hydrogen-bond donors (Lipinski definition) is 0. The Bertz CT molecular complexity index is 1180. The van der Waals surface area contributed by atoms with Crippen molar-refractivity contribution < 1.29 is 31.5 Å². The lowest BCUT2D eigenvalue weighted by molar-refractivity contribution is -0.144. The fourth-order valence-electron chi connectivity index (χ4n) is 6.50. The summed E-state index contributed by atoms with van der Waals surface area (Å²) in [6, 6.07) is 1.48. The van der Waals surface area contributed by atoms with Crippen molar-refractivity contribution in [2.45, 2.75) is 130 Å². The van der Waals surface area contributed by atoms with Gasteiger partial charge >= 0.3 is 12.3 Å². The van der Waals surface area contributed by atoms with Gasteiger partial charge in [-0.05, 0) is 65.7 Å². The number of alkyl halides is 5. The standard InChI is InChI=1S/C29H44F5N5O2.C5H12/c1-25(2,3)41-24(40)38-14-12-26(4,30)20(18-38)17-37(6)21-16-22(36-23(35-21)29(32,33)34)39-15-13-27(5,31)28(19-39)10-8-7-9-11-28;1-5(2,3)4/h16,20H,7-15,17-19H2,1-6H3;1-4H3. The molecule has 1 aromatic heterocycles. The van der Waals surface area contributed by atoms with Crippen molar-refractivity contribution in [2.24, 2.45) is 16.7 Å². The Hall–Kier alpha value is -2.40. The zero-order chi connectivity index (χ0) is 34.9. The van der Waals surface area contributed by atoms with Crippen molar-refractivity contribution in [2.75, 3.05) is 49.6 Å². The molecule has 7 nitrogen and oxygen atoms in total. The molecule has 0 N–H and O–H groups in total. The van der Waals surface area contributed by atoms with Gasteiger partial charge in [0.2, 0.25) is 5.82 Å². The number of anilines is 2. The first-order valence-electron chi connectivity index (χ1n) is 16.6. The maximum atomic E-state index is 15.8. The first-order valence-corrected chi connectivity index (χ1v) is 16.6. The molecule has 12 heteroatoms. The van der Waals surface area contributed by atoms with Crippen LogP contribution in [0.4, 0.5) is 38.4 Å². The van der Waals surface area contributed by atoms with Crippen LogP contribution in [0.3, 0.4) is 0 Å². The Kier molecular flexibility index (Phi) is 11.3. The molecule has 1 saturated carbocycles. The highest BCUT2D eigenvalue weighted by Gasteiger charge is 2.53. The minimum atomic E-state index is -4.80. The summed E-state index contributed by atoms with van der Waals surface area (Å²) >= 11 is 0. The number of hydrogen-bond acceptors (Lipinski definition) is 6. The van der Waals surface area contributed by atoms with E-state index >= 15 is 8.78 Å². The van der Waals surface area contributed by atoms with Gasteiger partial charge < -0.3 is 19.4 Å². The maximum absolute atomic E-state index is 15.8. The molecular formula is C34H56F5N5O2. The molecule has 0 aromatic carbocycles. The van der Waals surface area contributed by atoms with Crippen LogP contribution < -0.4 is 9.80 Å². The summed E-state index contributed by atoms with van der Waals surface area (Å²) < 4.78 is 78.8. The lowest BCUT2D eigenvalue weighted by Crippen LogP contribution is -2.57. The molecule has 0 bridgehead atoms. The molecule has 4 rings (SSSR count). The second-order valence-corrected chi connectivity index (χ2v) is 16.6. The number of likely N-dealkylation sites (tertiary alicyclic amines) is 1. The summed E-state index contributed by atoms with van der Waals surface area (Å²) in [5.74, 6) is -1.89. The SMILES string of the molecule is CC(C)(C)C.CN(CC1CN(C(=O)OC(C)(C)C)CCC1(C)F)c1cc(N2CCC(C)(F)C3(CCCCC3)C2)nc(C(F)(F)F)n1. The smallest absolute Gasteiger partial charge is 0.444 e. The van der Waals surface area contributed by atoms with Gasteiger partial charge in [-0.1, -0.05) is 47.0 Å². The predicted molar refractivity (Wildman–Crippen MR) is 173 cm³/mol. The van der Waals surface area contributed by atoms with E-state index in [2.05, 4.69) is 37.7 Å². The van der Waals surface area contributed by atoms with Gasteiger partial charge in [0.05, 0.1) is 0 Å². The first kappa shape index (κ1) is 38.1. The Morgan fingerprint density at radius 3 is 2.09 bits per heavy atom. The molecule has 1 aromatic rings. The van der Waals surface area contributed by atoms with E-state index in [0.29, 0.717) is 18.3 Å². The first-order chi connectivity index (χ1) is 20.8. The highest BCUT2D eigenvalue weighted by molar-refractivity contribution is 5.68. The van der Waals surface area contributed by atoms with Gasteiger partial charge in [0.15, 0.2) is 0 Å². The average molecular weight is 662 g/mol. The molecule has 2 saturated heterocycles. The molecule has 46 heavy (non-hydrogen) atoms. The third-order valence-electron chi connectivity index (χ3n) is 9.24. The third-order valence-corrected chi connectivity index (χ3v) is 9.24. The van der Waals surface area contributed by atoms with Gasteiger partial charge in [0.25, 0.3) is 0 Å². The van der Waals surface area contributed by atoms with Crippen molar-refractivity contribution in [3.8, 4) is 0 Å². The predicted octanol–water partition coefficient (Wildman–Crippen LogP) is 8.86. The van der Waals surface area contributed by atoms with Crippen LogP contribution in [-0.4, -0.2) is 77.7 Å². The summed E-state index contributed by atoms with van der Waals surface area (Å²) in [4.78, 5) is 25.0. The van der Waals surface area contributed by atoms with E-state index in [0.717, 1.165) is 19.3 Å². The molecular weight excluding hydrogens is 605 g/mol. The van der Waals surface area contributed by atoms with E-state index < -0.39 is 46.4 Å². The second kappa shape index (κ2) is 13.6. The quantitative estimate of drug-likeness (QED) is 0.301. The van der Waals surface area contributed by atoms with Crippen LogP contribution in [0.1, 0.15) is 113 Å². The number of rotatable bonds is 4. The molecule has 3 fully saturated rings. The van der Waals surface area contributed by atoms with Crippen molar-refractivity contribution in [3.63, 3.8) is 0 Å². The van der Waals surface area contributed by atoms with Crippen LogP contribution in [0.5, 0.6) is 0 Å². The zero-order valence-electron chi connectivity index (χ0n) is 29.6. The van der Waals surface area contributed by atoms with E-state index in [1.807, 2.05) is 0 Å². The van der Waals surface area contributed by atoms with E-state index in [1.165, 1.54) is 22.8 Å². The summed E-state index contributed by atoms with van der Waals surface area (Å²) in [6.45, 7) is 17.8. The molecule has 3 aliphatic rings.